The number of esters is 2. The summed E-state index contributed by atoms with van der Waals surface area (Å²) in [5.74, 6) is -1.72. The van der Waals surface area contributed by atoms with Crippen LogP contribution in [0.15, 0.2) is 24.3 Å². The number of nitrogen functional groups attached to an aromatic ring is 1. The predicted molar refractivity (Wildman–Crippen MR) is 79.6 cm³/mol. The largest absolute Gasteiger partial charge is 0.464 e. The highest BCUT2D eigenvalue weighted by Gasteiger charge is 2.34. The number of nitrogens with two attached hydrogens (primary N) is 1. The maximum Gasteiger partial charge on any atom is 0.332 e. The van der Waals surface area contributed by atoms with Gasteiger partial charge in [-0.2, -0.15) is 0 Å². The summed E-state index contributed by atoms with van der Waals surface area (Å²) in [5.41, 5.74) is 6.65. The van der Waals surface area contributed by atoms with Crippen molar-refractivity contribution < 1.29 is 23.9 Å². The van der Waals surface area contributed by atoms with Crippen molar-refractivity contribution in [1.82, 2.24) is 5.32 Å². The fourth-order valence-corrected chi connectivity index (χ4v) is 1.95. The van der Waals surface area contributed by atoms with E-state index in [1.54, 1.807) is 31.2 Å². The monoisotopic (exact) mass is 308 g/mol. The van der Waals surface area contributed by atoms with Crippen LogP contribution in [0.2, 0.25) is 0 Å². The molecule has 1 aromatic rings. The van der Waals surface area contributed by atoms with Gasteiger partial charge in [0.15, 0.2) is 12.1 Å². The van der Waals surface area contributed by atoms with Crippen LogP contribution in [0.5, 0.6) is 0 Å². The number of hydrogen-bond donors (Lipinski definition) is 2. The highest BCUT2D eigenvalue weighted by atomic mass is 16.6. The second-order valence-corrected chi connectivity index (χ2v) is 4.63. The van der Waals surface area contributed by atoms with E-state index in [0.717, 1.165) is 0 Å². The van der Waals surface area contributed by atoms with Crippen LogP contribution >= 0.6 is 0 Å². The van der Waals surface area contributed by atoms with Crippen LogP contribution in [0.25, 0.3) is 0 Å². The fraction of sp³-hybridized carbons (Fsp3) is 0.400. The third-order valence-corrected chi connectivity index (χ3v) is 2.73. The minimum atomic E-state index is -1.15. The molecule has 3 N–H and O–H groups in total. The quantitative estimate of drug-likeness (QED) is 0.598. The summed E-state index contributed by atoms with van der Waals surface area (Å²) in [4.78, 5) is 34.8. The summed E-state index contributed by atoms with van der Waals surface area (Å²) >= 11 is 0. The number of nitrogens with one attached hydrogen (secondary N) is 1. The van der Waals surface area contributed by atoms with E-state index in [4.69, 9.17) is 15.2 Å². The first-order chi connectivity index (χ1) is 10.3. The Kier molecular flexibility index (Phi) is 6.37. The minimum Gasteiger partial charge on any atom is -0.464 e. The molecule has 1 aromatic carbocycles. The lowest BCUT2D eigenvalue weighted by Gasteiger charge is -2.26. The van der Waals surface area contributed by atoms with Crippen LogP contribution in [0.3, 0.4) is 0 Å². The van der Waals surface area contributed by atoms with Gasteiger partial charge in [0.25, 0.3) is 0 Å². The lowest BCUT2D eigenvalue weighted by Crippen LogP contribution is -2.46. The van der Waals surface area contributed by atoms with Crippen molar-refractivity contribution in [2.75, 3.05) is 12.3 Å². The van der Waals surface area contributed by atoms with Gasteiger partial charge in [0.1, 0.15) is 0 Å². The number of carbonyl (C=O) groups excluding carboxylic acids is 3. The Balaban J connectivity index is 3.21. The van der Waals surface area contributed by atoms with E-state index < -0.39 is 30.0 Å². The van der Waals surface area contributed by atoms with Crippen LogP contribution < -0.4 is 11.1 Å². The lowest BCUT2D eigenvalue weighted by molar-refractivity contribution is -0.159. The number of hydrogen-bond acceptors (Lipinski definition) is 6. The number of anilines is 1. The molecule has 1 rings (SSSR count). The first-order valence-electron chi connectivity index (χ1n) is 6.81. The molecule has 0 radical (unpaired) electrons. The molecule has 1 amide bonds. The highest BCUT2D eigenvalue weighted by molar-refractivity contribution is 5.84. The van der Waals surface area contributed by atoms with Gasteiger partial charge in [0.2, 0.25) is 5.91 Å². The molecule has 0 spiro atoms. The third kappa shape index (κ3) is 5.08. The minimum absolute atomic E-state index is 0.138. The van der Waals surface area contributed by atoms with Gasteiger partial charge in [0.05, 0.1) is 6.61 Å². The topological polar surface area (TPSA) is 108 Å². The normalized spacial score (nSPS) is 12.9. The van der Waals surface area contributed by atoms with Crippen molar-refractivity contribution >= 4 is 23.5 Å². The number of benzene rings is 1. The Morgan fingerprint density at radius 2 is 1.95 bits per heavy atom. The van der Waals surface area contributed by atoms with Crippen molar-refractivity contribution in [3.63, 3.8) is 0 Å². The Bertz CT molecular complexity index is 559. The van der Waals surface area contributed by atoms with Crippen molar-refractivity contribution in [3.05, 3.63) is 29.8 Å². The molecule has 120 valence electrons. The third-order valence-electron chi connectivity index (χ3n) is 2.73. The highest BCUT2D eigenvalue weighted by Crippen LogP contribution is 2.24. The van der Waals surface area contributed by atoms with Gasteiger partial charge in [-0.3, -0.25) is 9.59 Å². The van der Waals surface area contributed by atoms with Crippen molar-refractivity contribution in [3.8, 4) is 0 Å². The molecule has 0 unspecified atom stereocenters. The molecule has 0 aliphatic heterocycles. The van der Waals surface area contributed by atoms with Crippen LogP contribution in [-0.4, -0.2) is 30.5 Å². The average molecular weight is 308 g/mol. The standard InChI is InChI=1S/C15H20N2O5/c1-4-21-15(20)13(17-9(2)18)14(22-10(3)19)11-6-5-7-12(16)8-11/h5-8,13-14H,4,16H2,1-3H3,(H,17,18)/t13-,14-/m1/s1. The number of carbonyl (C=O) groups is 3. The summed E-state index contributed by atoms with van der Waals surface area (Å²) in [5, 5.41) is 2.46. The molecule has 22 heavy (non-hydrogen) atoms. The first kappa shape index (κ1) is 17.5. The van der Waals surface area contributed by atoms with Crippen LogP contribution in [-0.2, 0) is 23.9 Å². The number of ether oxygens (including phenoxy) is 2. The fourth-order valence-electron chi connectivity index (χ4n) is 1.95. The second kappa shape index (κ2) is 8.02. The zero-order valence-electron chi connectivity index (χ0n) is 12.8. The van der Waals surface area contributed by atoms with E-state index in [1.807, 2.05) is 0 Å². The zero-order chi connectivity index (χ0) is 16.7. The maximum absolute atomic E-state index is 12.1. The molecule has 0 heterocycles. The molecular formula is C15H20N2O5. The summed E-state index contributed by atoms with van der Waals surface area (Å²) < 4.78 is 10.2. The van der Waals surface area contributed by atoms with Gasteiger partial charge in [-0.1, -0.05) is 12.1 Å². The van der Waals surface area contributed by atoms with Gasteiger partial charge in [-0.25, -0.2) is 4.79 Å². The molecule has 7 heteroatoms. The first-order valence-corrected chi connectivity index (χ1v) is 6.81. The molecule has 0 bridgehead atoms. The van der Waals surface area contributed by atoms with E-state index in [1.165, 1.54) is 13.8 Å². The van der Waals surface area contributed by atoms with Crippen LogP contribution in [0.1, 0.15) is 32.4 Å². The van der Waals surface area contributed by atoms with Crippen LogP contribution in [0.4, 0.5) is 5.69 Å². The molecule has 2 atom stereocenters. The Labute approximate surface area is 128 Å². The molecule has 7 nitrogen and oxygen atoms in total. The summed E-state index contributed by atoms with van der Waals surface area (Å²) in [6.45, 7) is 4.26. The zero-order valence-corrected chi connectivity index (χ0v) is 12.8. The number of rotatable bonds is 6. The van der Waals surface area contributed by atoms with E-state index in [0.29, 0.717) is 11.3 Å². The molecular weight excluding hydrogens is 288 g/mol. The van der Waals surface area contributed by atoms with Crippen molar-refractivity contribution in [2.24, 2.45) is 0 Å². The SMILES string of the molecule is CCOC(=O)[C@H](NC(C)=O)[C@H](OC(C)=O)c1cccc(N)c1. The van der Waals surface area contributed by atoms with Gasteiger partial charge in [-0.05, 0) is 24.6 Å². The number of amides is 1. The van der Waals surface area contributed by atoms with E-state index in [9.17, 15) is 14.4 Å². The Morgan fingerprint density at radius 1 is 1.27 bits per heavy atom. The van der Waals surface area contributed by atoms with E-state index >= 15 is 0 Å². The summed E-state index contributed by atoms with van der Waals surface area (Å²) in [7, 11) is 0. The summed E-state index contributed by atoms with van der Waals surface area (Å²) in [6, 6.07) is 5.39. The lowest BCUT2D eigenvalue weighted by atomic mass is 10.0. The molecule has 0 saturated heterocycles. The van der Waals surface area contributed by atoms with E-state index in [-0.39, 0.29) is 6.61 Å². The van der Waals surface area contributed by atoms with Gasteiger partial charge < -0.3 is 20.5 Å². The Hall–Kier alpha value is -2.57. The molecule has 0 aromatic heterocycles. The van der Waals surface area contributed by atoms with Gasteiger partial charge in [-0.15, -0.1) is 0 Å². The van der Waals surface area contributed by atoms with E-state index in [2.05, 4.69) is 5.32 Å². The second-order valence-electron chi connectivity index (χ2n) is 4.63. The molecule has 0 fully saturated rings. The maximum atomic E-state index is 12.1. The molecule has 0 saturated carbocycles. The van der Waals surface area contributed by atoms with Crippen molar-refractivity contribution in [1.29, 1.82) is 0 Å². The molecule has 0 aliphatic rings. The Morgan fingerprint density at radius 3 is 2.45 bits per heavy atom. The van der Waals surface area contributed by atoms with Gasteiger partial charge in [0, 0.05) is 19.5 Å². The average Bonchev–Trinajstić information content (AvgIpc) is 2.42. The predicted octanol–water partition coefficient (Wildman–Crippen LogP) is 0.941. The van der Waals surface area contributed by atoms with Crippen LogP contribution in [0, 0.1) is 0 Å². The van der Waals surface area contributed by atoms with Gasteiger partial charge >= 0.3 is 11.9 Å². The molecule has 0 aliphatic carbocycles. The smallest absolute Gasteiger partial charge is 0.332 e. The summed E-state index contributed by atoms with van der Waals surface area (Å²) in [6.07, 6.45) is -1.02. The van der Waals surface area contributed by atoms with Crippen molar-refractivity contribution in [2.45, 2.75) is 32.9 Å².